The zero-order valence-electron chi connectivity index (χ0n) is 12.2. The Morgan fingerprint density at radius 3 is 2.61 bits per heavy atom. The Hall–Kier alpha value is -2.69. The number of nitrogens with zero attached hydrogens (tertiary/aromatic N) is 2. The smallest absolute Gasteiger partial charge is 0.339 e. The summed E-state index contributed by atoms with van der Waals surface area (Å²) in [6.45, 7) is 1.67. The molecule has 1 unspecified atom stereocenters. The maximum absolute atomic E-state index is 11.1. The highest BCUT2D eigenvalue weighted by Crippen LogP contribution is 2.47. The van der Waals surface area contributed by atoms with Gasteiger partial charge in [-0.1, -0.05) is 17.8 Å². The van der Waals surface area contributed by atoms with Crippen molar-refractivity contribution >= 4 is 17.8 Å². The van der Waals surface area contributed by atoms with Crippen molar-refractivity contribution in [2.75, 3.05) is 0 Å². The molecule has 1 atom stereocenters. The molecule has 23 heavy (non-hydrogen) atoms. The molecule has 6 nitrogen and oxygen atoms in total. The van der Waals surface area contributed by atoms with E-state index >= 15 is 0 Å². The summed E-state index contributed by atoms with van der Waals surface area (Å²) < 4.78 is 5.82. The van der Waals surface area contributed by atoms with Crippen LogP contribution >= 0.6 is 11.8 Å². The predicted molar refractivity (Wildman–Crippen MR) is 83.4 cm³/mol. The van der Waals surface area contributed by atoms with E-state index in [1.54, 1.807) is 37.3 Å². The lowest BCUT2D eigenvalue weighted by molar-refractivity contribution is -0.0710. The summed E-state index contributed by atoms with van der Waals surface area (Å²) in [6.07, 6.45) is 0. The quantitative estimate of drug-likeness (QED) is 0.553. The van der Waals surface area contributed by atoms with Gasteiger partial charge in [0.2, 0.25) is 0 Å². The van der Waals surface area contributed by atoms with Crippen molar-refractivity contribution < 1.29 is 14.7 Å². The van der Waals surface area contributed by atoms with Crippen molar-refractivity contribution in [3.8, 4) is 17.6 Å². The summed E-state index contributed by atoms with van der Waals surface area (Å²) in [5.74, 6) is 1.38. The van der Waals surface area contributed by atoms with Gasteiger partial charge >= 0.3 is 6.03 Å². The summed E-state index contributed by atoms with van der Waals surface area (Å²) in [7, 11) is 0. The fourth-order valence-corrected chi connectivity index (χ4v) is 3.30. The Morgan fingerprint density at radius 2 is 1.96 bits per heavy atom. The summed E-state index contributed by atoms with van der Waals surface area (Å²) >= 11 is 1.47. The van der Waals surface area contributed by atoms with Gasteiger partial charge in [-0.2, -0.15) is 10.3 Å². The Labute approximate surface area is 137 Å². The molecule has 3 N–H and O–H groups in total. The van der Waals surface area contributed by atoms with Gasteiger partial charge in [0.1, 0.15) is 11.5 Å². The first-order chi connectivity index (χ1) is 11.0. The van der Waals surface area contributed by atoms with Gasteiger partial charge in [-0.15, -0.1) is 0 Å². The number of hydroxylamine groups is 2. The second-order valence-corrected chi connectivity index (χ2v) is 6.13. The van der Waals surface area contributed by atoms with E-state index in [-0.39, 0.29) is 0 Å². The molecule has 0 aliphatic carbocycles. The molecule has 2 aromatic carbocycles. The van der Waals surface area contributed by atoms with Crippen LogP contribution in [-0.2, 0) is 0 Å². The molecule has 0 aromatic heterocycles. The number of nitrogens with two attached hydrogens (primary N) is 1. The van der Waals surface area contributed by atoms with Gasteiger partial charge in [-0.3, -0.25) is 5.21 Å². The number of hydrogen-bond acceptors (Lipinski definition) is 5. The van der Waals surface area contributed by atoms with Crippen LogP contribution in [0, 0.1) is 11.3 Å². The van der Waals surface area contributed by atoms with E-state index in [0.29, 0.717) is 22.1 Å². The van der Waals surface area contributed by atoms with Crippen LogP contribution in [0.2, 0.25) is 0 Å². The lowest BCUT2D eigenvalue weighted by Crippen LogP contribution is -2.34. The topological polar surface area (TPSA) is 99.6 Å². The van der Waals surface area contributed by atoms with Gasteiger partial charge in [0, 0.05) is 0 Å². The molecule has 1 aliphatic rings. The number of urea groups is 1. The first-order valence-corrected chi connectivity index (χ1v) is 7.62. The number of nitriles is 1. The SMILES string of the molecule is CC(c1ccc2c(c1)Sc1cc(C#N)ccc1O2)N(O)C(N)=O. The summed E-state index contributed by atoms with van der Waals surface area (Å²) in [6, 6.07) is 11.2. The van der Waals surface area contributed by atoms with Crippen LogP contribution in [0.4, 0.5) is 4.79 Å². The number of rotatable bonds is 2. The number of primary amides is 1. The average molecular weight is 327 g/mol. The maximum Gasteiger partial charge on any atom is 0.339 e. The molecule has 7 heteroatoms. The third-order valence-electron chi connectivity index (χ3n) is 3.56. The van der Waals surface area contributed by atoms with Crippen LogP contribution in [0.3, 0.4) is 0 Å². The lowest BCUT2D eigenvalue weighted by Gasteiger charge is -2.24. The van der Waals surface area contributed by atoms with E-state index in [1.165, 1.54) is 11.8 Å². The van der Waals surface area contributed by atoms with Gasteiger partial charge in [-0.05, 0) is 42.8 Å². The van der Waals surface area contributed by atoms with Gasteiger partial charge < -0.3 is 10.5 Å². The number of carbonyl (C=O) groups is 1. The number of fused-ring (bicyclic) bond motifs is 2. The normalized spacial score (nSPS) is 13.1. The standard InChI is InChI=1S/C16H13N3O3S/c1-9(19(21)16(18)20)11-3-5-13-15(7-11)23-14-6-10(8-17)2-4-12(14)22-13/h2-7,9,21H,1H3,(H2,18,20). The molecule has 0 radical (unpaired) electrons. The summed E-state index contributed by atoms with van der Waals surface area (Å²) in [5, 5.41) is 19.1. The third kappa shape index (κ3) is 2.82. The van der Waals surface area contributed by atoms with Crippen LogP contribution in [0.25, 0.3) is 0 Å². The number of amides is 2. The zero-order chi connectivity index (χ0) is 16.6. The van der Waals surface area contributed by atoms with E-state index in [9.17, 15) is 10.0 Å². The molecule has 116 valence electrons. The zero-order valence-corrected chi connectivity index (χ0v) is 13.0. The Bertz CT molecular complexity index is 832. The van der Waals surface area contributed by atoms with E-state index in [4.69, 9.17) is 15.7 Å². The number of carbonyl (C=O) groups excluding carboxylic acids is 1. The van der Waals surface area contributed by atoms with E-state index in [1.807, 2.05) is 6.07 Å². The van der Waals surface area contributed by atoms with Crippen LogP contribution in [-0.4, -0.2) is 16.3 Å². The monoisotopic (exact) mass is 327 g/mol. The van der Waals surface area contributed by atoms with E-state index < -0.39 is 12.1 Å². The van der Waals surface area contributed by atoms with Crippen molar-refractivity contribution in [1.29, 1.82) is 5.26 Å². The fourth-order valence-electron chi connectivity index (χ4n) is 2.26. The molecular weight excluding hydrogens is 314 g/mol. The van der Waals surface area contributed by atoms with Crippen LogP contribution in [0.5, 0.6) is 11.5 Å². The molecule has 0 spiro atoms. The van der Waals surface area contributed by atoms with Crippen molar-refractivity contribution in [2.45, 2.75) is 22.8 Å². The predicted octanol–water partition coefficient (Wildman–Crippen LogP) is 3.65. The number of hydrogen-bond donors (Lipinski definition) is 2. The Kier molecular flexibility index (Phi) is 3.86. The van der Waals surface area contributed by atoms with Crippen LogP contribution in [0.1, 0.15) is 24.1 Å². The van der Waals surface area contributed by atoms with Crippen LogP contribution < -0.4 is 10.5 Å². The summed E-state index contributed by atoms with van der Waals surface area (Å²) in [5.41, 5.74) is 6.37. The molecule has 1 aliphatic heterocycles. The lowest BCUT2D eigenvalue weighted by atomic mass is 10.1. The molecule has 0 fully saturated rings. The van der Waals surface area contributed by atoms with Crippen molar-refractivity contribution in [1.82, 2.24) is 5.06 Å². The first kappa shape index (κ1) is 15.2. The molecule has 3 rings (SSSR count). The number of benzene rings is 2. The summed E-state index contributed by atoms with van der Waals surface area (Å²) in [4.78, 5) is 12.8. The highest BCUT2D eigenvalue weighted by atomic mass is 32.2. The second-order valence-electron chi connectivity index (χ2n) is 5.04. The van der Waals surface area contributed by atoms with Gasteiger partial charge in [-0.25, -0.2) is 4.79 Å². The maximum atomic E-state index is 11.1. The van der Waals surface area contributed by atoms with Crippen molar-refractivity contribution in [3.05, 3.63) is 47.5 Å². The minimum absolute atomic E-state index is 0.484. The Balaban J connectivity index is 1.93. The molecular formula is C16H13N3O3S. The molecule has 0 saturated carbocycles. The van der Waals surface area contributed by atoms with Crippen molar-refractivity contribution in [3.63, 3.8) is 0 Å². The third-order valence-corrected chi connectivity index (χ3v) is 4.63. The van der Waals surface area contributed by atoms with Gasteiger partial charge in [0.05, 0.1) is 27.5 Å². The van der Waals surface area contributed by atoms with E-state index in [0.717, 1.165) is 15.4 Å². The molecule has 0 bridgehead atoms. The van der Waals surface area contributed by atoms with Gasteiger partial charge in [0.15, 0.2) is 0 Å². The molecule has 1 heterocycles. The first-order valence-electron chi connectivity index (χ1n) is 6.81. The largest absolute Gasteiger partial charge is 0.455 e. The van der Waals surface area contributed by atoms with Crippen LogP contribution in [0.15, 0.2) is 46.2 Å². The second kappa shape index (κ2) is 5.83. The van der Waals surface area contributed by atoms with Crippen molar-refractivity contribution in [2.24, 2.45) is 5.73 Å². The fraction of sp³-hybridized carbons (Fsp3) is 0.125. The minimum Gasteiger partial charge on any atom is -0.455 e. The molecule has 0 saturated heterocycles. The highest BCUT2D eigenvalue weighted by molar-refractivity contribution is 7.99. The molecule has 2 aromatic rings. The number of ether oxygens (including phenoxy) is 1. The Morgan fingerprint density at radius 1 is 1.30 bits per heavy atom. The highest BCUT2D eigenvalue weighted by Gasteiger charge is 2.22. The average Bonchev–Trinajstić information content (AvgIpc) is 2.57. The minimum atomic E-state index is -0.914. The molecule has 2 amide bonds. The van der Waals surface area contributed by atoms with E-state index in [2.05, 4.69) is 6.07 Å². The van der Waals surface area contributed by atoms with Gasteiger partial charge in [0.25, 0.3) is 0 Å².